The molecule has 0 spiro atoms. The first-order valence-electron chi connectivity index (χ1n) is 10.5. The molecule has 7 heteroatoms. The number of aryl methyl sites for hydroxylation is 1. The van der Waals surface area contributed by atoms with E-state index in [1.807, 2.05) is 31.2 Å². The third-order valence-corrected chi connectivity index (χ3v) is 5.43. The molecule has 3 rings (SSSR count). The van der Waals surface area contributed by atoms with Gasteiger partial charge in [-0.15, -0.1) is 0 Å². The highest BCUT2D eigenvalue weighted by molar-refractivity contribution is 5.99. The largest absolute Gasteiger partial charge is 0.457 e. The van der Waals surface area contributed by atoms with Gasteiger partial charge in [0.05, 0.1) is 12.5 Å². The summed E-state index contributed by atoms with van der Waals surface area (Å²) in [5.74, 6) is -2.49. The van der Waals surface area contributed by atoms with Crippen LogP contribution >= 0.6 is 0 Å². The van der Waals surface area contributed by atoms with Crippen molar-refractivity contribution in [3.8, 4) is 0 Å². The van der Waals surface area contributed by atoms with Crippen LogP contribution in [0.2, 0.25) is 0 Å². The Kier molecular flexibility index (Phi) is 6.77. The van der Waals surface area contributed by atoms with Crippen molar-refractivity contribution in [2.75, 3.05) is 13.2 Å². The van der Waals surface area contributed by atoms with Crippen LogP contribution in [0.15, 0.2) is 48.5 Å². The highest BCUT2D eigenvalue weighted by atomic mass is 16.5. The minimum Gasteiger partial charge on any atom is -0.457 e. The molecule has 1 N–H and O–H groups in total. The number of hydrogen-bond donors (Lipinski definition) is 1. The lowest BCUT2D eigenvalue weighted by Crippen LogP contribution is -2.43. The Morgan fingerprint density at radius 1 is 1.00 bits per heavy atom. The molecule has 0 saturated carbocycles. The molecule has 7 nitrogen and oxygen atoms in total. The fourth-order valence-corrected chi connectivity index (χ4v) is 3.36. The van der Waals surface area contributed by atoms with Crippen molar-refractivity contribution < 1.29 is 23.9 Å². The number of hydrogen-bond acceptors (Lipinski definition) is 5. The average Bonchev–Trinajstić information content (AvgIpc) is 3.12. The van der Waals surface area contributed by atoms with E-state index in [1.165, 1.54) is 0 Å². The van der Waals surface area contributed by atoms with Gasteiger partial charge in [-0.25, -0.2) is 0 Å². The molecule has 168 valence electrons. The molecule has 1 heterocycles. The van der Waals surface area contributed by atoms with Gasteiger partial charge in [-0.05, 0) is 30.0 Å². The van der Waals surface area contributed by atoms with E-state index in [2.05, 4.69) is 26.2 Å². The minimum atomic E-state index is -0.739. The summed E-state index contributed by atoms with van der Waals surface area (Å²) in [5, 5.41) is 1.13. The van der Waals surface area contributed by atoms with Crippen LogP contribution in [0.3, 0.4) is 0 Å². The highest BCUT2D eigenvalue weighted by Crippen LogP contribution is 2.22. The molecule has 0 unspecified atom stereocenters. The maximum Gasteiger partial charge on any atom is 0.311 e. The van der Waals surface area contributed by atoms with E-state index < -0.39 is 17.8 Å². The van der Waals surface area contributed by atoms with Gasteiger partial charge in [0, 0.05) is 17.5 Å². The predicted molar refractivity (Wildman–Crippen MR) is 119 cm³/mol. The molecular formula is C25H28N2O5. The standard InChI is InChI=1S/C25H28N2O5/c1-16-5-7-17(8-6-16)21(28)15-32-24(31)19-13-22(29)27(14-19)26-23(30)18-9-11-20(12-10-18)25(2,3)4/h5-12,19H,13-15H2,1-4H3,(H,26,30)/t19-/m0/s1. The van der Waals surface area contributed by atoms with Gasteiger partial charge in [-0.1, -0.05) is 62.7 Å². The maximum absolute atomic E-state index is 12.5. The number of benzene rings is 2. The number of carbonyl (C=O) groups excluding carboxylic acids is 4. The molecule has 1 aliphatic rings. The Bertz CT molecular complexity index is 1020. The van der Waals surface area contributed by atoms with Gasteiger partial charge in [-0.2, -0.15) is 0 Å². The molecular weight excluding hydrogens is 408 g/mol. The second kappa shape index (κ2) is 9.34. The van der Waals surface area contributed by atoms with E-state index in [4.69, 9.17) is 4.74 Å². The molecule has 2 amide bonds. The van der Waals surface area contributed by atoms with E-state index in [9.17, 15) is 19.2 Å². The van der Waals surface area contributed by atoms with Crippen molar-refractivity contribution in [3.63, 3.8) is 0 Å². The lowest BCUT2D eigenvalue weighted by Gasteiger charge is -2.20. The van der Waals surface area contributed by atoms with Crippen LogP contribution < -0.4 is 5.43 Å². The van der Waals surface area contributed by atoms with E-state index in [1.54, 1.807) is 24.3 Å². The van der Waals surface area contributed by atoms with Crippen LogP contribution in [-0.2, 0) is 19.7 Å². The smallest absolute Gasteiger partial charge is 0.311 e. The molecule has 0 bridgehead atoms. The summed E-state index contributed by atoms with van der Waals surface area (Å²) in [6.45, 7) is 7.77. The zero-order valence-corrected chi connectivity index (χ0v) is 18.8. The van der Waals surface area contributed by atoms with Gasteiger partial charge >= 0.3 is 5.97 Å². The van der Waals surface area contributed by atoms with Gasteiger partial charge in [0.15, 0.2) is 12.4 Å². The van der Waals surface area contributed by atoms with E-state index in [-0.39, 0.29) is 36.7 Å². The number of rotatable bonds is 6. The maximum atomic E-state index is 12.5. The third kappa shape index (κ3) is 5.60. The van der Waals surface area contributed by atoms with Crippen LogP contribution in [0.5, 0.6) is 0 Å². The summed E-state index contributed by atoms with van der Waals surface area (Å²) in [4.78, 5) is 49.3. The fraction of sp³-hybridized carbons (Fsp3) is 0.360. The summed E-state index contributed by atoms with van der Waals surface area (Å²) in [5.41, 5.74) is 5.51. The Morgan fingerprint density at radius 2 is 1.59 bits per heavy atom. The lowest BCUT2D eigenvalue weighted by molar-refractivity contribution is -0.147. The minimum absolute atomic E-state index is 0.00219. The first kappa shape index (κ1) is 23.2. The summed E-state index contributed by atoms with van der Waals surface area (Å²) < 4.78 is 5.12. The zero-order chi connectivity index (χ0) is 23.5. The molecule has 1 fully saturated rings. The van der Waals surface area contributed by atoms with Gasteiger partial charge in [-0.3, -0.25) is 29.6 Å². The summed E-state index contributed by atoms with van der Waals surface area (Å²) in [6, 6.07) is 14.1. The first-order chi connectivity index (χ1) is 15.0. The van der Waals surface area contributed by atoms with Crippen LogP contribution in [0.25, 0.3) is 0 Å². The Labute approximate surface area is 187 Å². The number of esters is 1. The predicted octanol–water partition coefficient (Wildman–Crippen LogP) is 3.21. The number of hydrazine groups is 1. The molecule has 2 aromatic rings. The SMILES string of the molecule is Cc1ccc(C(=O)COC(=O)[C@H]2CC(=O)N(NC(=O)c3ccc(C(C)(C)C)cc3)C2)cc1. The number of ether oxygens (including phenoxy) is 1. The average molecular weight is 437 g/mol. The van der Waals surface area contributed by atoms with Crippen molar-refractivity contribution in [1.82, 2.24) is 10.4 Å². The fourth-order valence-electron chi connectivity index (χ4n) is 3.36. The normalized spacial score (nSPS) is 16.1. The molecule has 0 radical (unpaired) electrons. The van der Waals surface area contributed by atoms with Crippen molar-refractivity contribution in [1.29, 1.82) is 0 Å². The third-order valence-electron chi connectivity index (χ3n) is 5.43. The number of ketones is 1. The van der Waals surface area contributed by atoms with Crippen LogP contribution in [0.1, 0.15) is 59.0 Å². The van der Waals surface area contributed by atoms with Crippen LogP contribution in [-0.4, -0.2) is 41.7 Å². The molecule has 32 heavy (non-hydrogen) atoms. The second-order valence-electron chi connectivity index (χ2n) is 9.07. The van der Waals surface area contributed by atoms with Crippen LogP contribution in [0.4, 0.5) is 0 Å². The van der Waals surface area contributed by atoms with Crippen molar-refractivity contribution in [3.05, 3.63) is 70.8 Å². The van der Waals surface area contributed by atoms with E-state index in [0.29, 0.717) is 11.1 Å². The summed E-state index contributed by atoms with van der Waals surface area (Å²) >= 11 is 0. The summed E-state index contributed by atoms with van der Waals surface area (Å²) in [6.07, 6.45) is -0.0825. The van der Waals surface area contributed by atoms with Gasteiger partial charge in [0.1, 0.15) is 0 Å². The number of amides is 2. The Morgan fingerprint density at radius 3 is 2.19 bits per heavy atom. The molecule has 0 aromatic heterocycles. The first-order valence-corrected chi connectivity index (χ1v) is 10.5. The monoisotopic (exact) mass is 436 g/mol. The lowest BCUT2D eigenvalue weighted by atomic mass is 9.87. The molecule has 1 aliphatic heterocycles. The van der Waals surface area contributed by atoms with Gasteiger partial charge < -0.3 is 4.74 Å². The van der Waals surface area contributed by atoms with Crippen molar-refractivity contribution in [2.24, 2.45) is 5.92 Å². The summed E-state index contributed by atoms with van der Waals surface area (Å²) in [7, 11) is 0. The van der Waals surface area contributed by atoms with Crippen LogP contribution in [0, 0.1) is 12.8 Å². The highest BCUT2D eigenvalue weighted by Gasteiger charge is 2.36. The number of carbonyl (C=O) groups is 4. The topological polar surface area (TPSA) is 92.8 Å². The van der Waals surface area contributed by atoms with Gasteiger partial charge in [0.25, 0.3) is 5.91 Å². The second-order valence-corrected chi connectivity index (χ2v) is 9.07. The number of Topliss-reactive ketones (excluding diaryl/α,β-unsaturated/α-hetero) is 1. The number of nitrogens with zero attached hydrogens (tertiary/aromatic N) is 1. The van der Waals surface area contributed by atoms with Crippen molar-refractivity contribution >= 4 is 23.6 Å². The van der Waals surface area contributed by atoms with Gasteiger partial charge in [0.2, 0.25) is 5.91 Å². The molecule has 2 aromatic carbocycles. The zero-order valence-electron chi connectivity index (χ0n) is 18.8. The Hall–Kier alpha value is -3.48. The molecule has 0 aliphatic carbocycles. The van der Waals surface area contributed by atoms with Crippen molar-refractivity contribution in [2.45, 2.75) is 39.5 Å². The quantitative estimate of drug-likeness (QED) is 0.554. The van der Waals surface area contributed by atoms with E-state index >= 15 is 0 Å². The Balaban J connectivity index is 1.52. The molecule has 1 saturated heterocycles. The van der Waals surface area contributed by atoms with E-state index in [0.717, 1.165) is 16.1 Å². The molecule has 1 atom stereocenters. The number of nitrogens with one attached hydrogen (secondary N) is 1.